The Morgan fingerprint density at radius 3 is 1.60 bits per heavy atom. The lowest BCUT2D eigenvalue weighted by Crippen LogP contribution is -2.09. The van der Waals surface area contributed by atoms with Gasteiger partial charge in [-0.3, -0.25) is 0 Å². The van der Waals surface area contributed by atoms with Crippen molar-refractivity contribution in [3.05, 3.63) is 200 Å². The van der Waals surface area contributed by atoms with Crippen molar-refractivity contribution in [1.29, 1.82) is 0 Å². The van der Waals surface area contributed by atoms with Gasteiger partial charge in [0.05, 0.1) is 0 Å². The summed E-state index contributed by atoms with van der Waals surface area (Å²) in [5.41, 5.74) is 13.5. The zero-order valence-corrected chi connectivity index (χ0v) is 29.3. The van der Waals surface area contributed by atoms with Crippen LogP contribution in [0.15, 0.2) is 199 Å². The van der Waals surface area contributed by atoms with Crippen LogP contribution >= 0.6 is 0 Å². The SMILES string of the molecule is Cc1cccc2c1oc1cccc(-c3ccc(N(c4ccc(-c5ccccc5)cc4)c4ccc(-c5cc6ccccc6c6ccccc56)cc4)cc3)c12. The summed E-state index contributed by atoms with van der Waals surface area (Å²) >= 11 is 0. The van der Waals surface area contributed by atoms with Gasteiger partial charge in [0.1, 0.15) is 11.2 Å². The van der Waals surface area contributed by atoms with E-state index in [0.29, 0.717) is 0 Å². The lowest BCUT2D eigenvalue weighted by atomic mass is 9.93. The molecule has 2 nitrogen and oxygen atoms in total. The fourth-order valence-corrected chi connectivity index (χ4v) is 7.98. The van der Waals surface area contributed by atoms with Crippen LogP contribution in [0, 0.1) is 6.92 Å². The number of furan rings is 1. The van der Waals surface area contributed by atoms with Crippen LogP contribution in [0.5, 0.6) is 0 Å². The molecule has 0 atom stereocenters. The normalized spacial score (nSPS) is 11.5. The second-order valence-corrected chi connectivity index (χ2v) is 13.8. The molecule has 0 saturated heterocycles. The van der Waals surface area contributed by atoms with Crippen molar-refractivity contribution >= 4 is 60.5 Å². The van der Waals surface area contributed by atoms with E-state index >= 15 is 0 Å². The zero-order chi connectivity index (χ0) is 35.3. The average molecular weight is 678 g/mol. The molecule has 10 aromatic rings. The third-order valence-corrected chi connectivity index (χ3v) is 10.6. The van der Waals surface area contributed by atoms with Crippen molar-refractivity contribution in [2.75, 3.05) is 4.90 Å². The summed E-state index contributed by atoms with van der Waals surface area (Å²) in [7, 11) is 0. The number of para-hydroxylation sites is 1. The maximum absolute atomic E-state index is 6.34. The molecule has 0 bridgehead atoms. The number of aryl methyl sites for hydroxylation is 1. The monoisotopic (exact) mass is 677 g/mol. The molecule has 0 spiro atoms. The minimum atomic E-state index is 0.912. The highest BCUT2D eigenvalue weighted by atomic mass is 16.3. The maximum atomic E-state index is 6.34. The molecular formula is C51H35NO. The number of anilines is 3. The summed E-state index contributed by atoms with van der Waals surface area (Å²) in [6.45, 7) is 2.11. The number of nitrogens with zero attached hydrogens (tertiary/aromatic N) is 1. The standard InChI is InChI=1S/C51H35NO/c1-34-11-9-19-47-50-44(18-10-20-49(50)53-51(34)47)37-23-29-41(30-24-37)52(40-27-21-36(22-28-40)35-12-3-2-4-13-35)42-31-25-38(26-32-42)48-33-39-14-5-6-15-43(39)45-16-7-8-17-46(45)48/h2-33H,1H3. The average Bonchev–Trinajstić information content (AvgIpc) is 3.62. The second kappa shape index (κ2) is 12.7. The van der Waals surface area contributed by atoms with Crippen LogP contribution in [0.25, 0.3) is 76.9 Å². The van der Waals surface area contributed by atoms with Crippen LogP contribution in [0.1, 0.15) is 5.56 Å². The van der Waals surface area contributed by atoms with Gasteiger partial charge in [-0.05, 0) is 116 Å². The van der Waals surface area contributed by atoms with Crippen molar-refractivity contribution in [3.8, 4) is 33.4 Å². The molecule has 0 aliphatic carbocycles. The van der Waals surface area contributed by atoms with Crippen molar-refractivity contribution in [2.24, 2.45) is 0 Å². The number of hydrogen-bond acceptors (Lipinski definition) is 2. The van der Waals surface area contributed by atoms with Gasteiger partial charge in [-0.25, -0.2) is 0 Å². The molecule has 0 aliphatic rings. The van der Waals surface area contributed by atoms with Crippen LogP contribution < -0.4 is 4.90 Å². The molecule has 0 amide bonds. The highest BCUT2D eigenvalue weighted by Gasteiger charge is 2.17. The fraction of sp³-hybridized carbons (Fsp3) is 0.0196. The van der Waals surface area contributed by atoms with Crippen LogP contribution in [0.3, 0.4) is 0 Å². The first-order valence-corrected chi connectivity index (χ1v) is 18.2. The first-order valence-electron chi connectivity index (χ1n) is 18.2. The smallest absolute Gasteiger partial charge is 0.138 e. The first-order chi connectivity index (χ1) is 26.2. The topological polar surface area (TPSA) is 16.4 Å². The Morgan fingerprint density at radius 1 is 0.377 bits per heavy atom. The van der Waals surface area contributed by atoms with E-state index in [9.17, 15) is 0 Å². The Kier molecular flexibility index (Phi) is 7.40. The predicted octanol–water partition coefficient (Wildman–Crippen LogP) is 14.7. The number of hydrogen-bond donors (Lipinski definition) is 0. The molecule has 1 heterocycles. The summed E-state index contributed by atoms with van der Waals surface area (Å²) in [5, 5.41) is 7.38. The highest BCUT2D eigenvalue weighted by Crippen LogP contribution is 2.42. The van der Waals surface area contributed by atoms with Gasteiger partial charge in [-0.2, -0.15) is 0 Å². The molecule has 250 valence electrons. The minimum absolute atomic E-state index is 0.912. The van der Waals surface area contributed by atoms with E-state index in [1.165, 1.54) is 49.4 Å². The summed E-state index contributed by atoms with van der Waals surface area (Å²) in [5.74, 6) is 0. The fourth-order valence-electron chi connectivity index (χ4n) is 7.98. The van der Waals surface area contributed by atoms with Crippen LogP contribution in [0.2, 0.25) is 0 Å². The van der Waals surface area contributed by atoms with Crippen molar-refractivity contribution in [3.63, 3.8) is 0 Å². The number of rotatable bonds is 6. The molecule has 10 rings (SSSR count). The lowest BCUT2D eigenvalue weighted by molar-refractivity contribution is 0.666. The molecular weight excluding hydrogens is 643 g/mol. The Hall–Kier alpha value is -6.90. The Balaban J connectivity index is 1.07. The van der Waals surface area contributed by atoms with Crippen LogP contribution in [-0.2, 0) is 0 Å². The maximum Gasteiger partial charge on any atom is 0.138 e. The van der Waals surface area contributed by atoms with E-state index in [0.717, 1.165) is 50.1 Å². The lowest BCUT2D eigenvalue weighted by Gasteiger charge is -2.26. The molecule has 0 N–H and O–H groups in total. The van der Waals surface area contributed by atoms with Gasteiger partial charge in [0.2, 0.25) is 0 Å². The van der Waals surface area contributed by atoms with Gasteiger partial charge in [-0.15, -0.1) is 0 Å². The van der Waals surface area contributed by atoms with Gasteiger partial charge >= 0.3 is 0 Å². The van der Waals surface area contributed by atoms with Crippen molar-refractivity contribution < 1.29 is 4.42 Å². The van der Waals surface area contributed by atoms with Gasteiger partial charge in [0, 0.05) is 27.8 Å². The number of fused-ring (bicyclic) bond motifs is 6. The molecule has 0 saturated carbocycles. The summed E-state index contributed by atoms with van der Waals surface area (Å²) in [4.78, 5) is 2.35. The van der Waals surface area contributed by atoms with E-state index in [1.54, 1.807) is 0 Å². The second-order valence-electron chi connectivity index (χ2n) is 13.8. The van der Waals surface area contributed by atoms with Gasteiger partial charge in [0.25, 0.3) is 0 Å². The predicted molar refractivity (Wildman–Crippen MR) is 224 cm³/mol. The third kappa shape index (κ3) is 5.35. The van der Waals surface area contributed by atoms with E-state index in [-0.39, 0.29) is 0 Å². The molecule has 9 aromatic carbocycles. The van der Waals surface area contributed by atoms with Crippen molar-refractivity contribution in [1.82, 2.24) is 0 Å². The molecule has 53 heavy (non-hydrogen) atoms. The Bertz CT molecular complexity index is 2920. The molecule has 0 radical (unpaired) electrons. The quantitative estimate of drug-likeness (QED) is 0.163. The van der Waals surface area contributed by atoms with Crippen LogP contribution in [-0.4, -0.2) is 0 Å². The Labute approximate surface area is 308 Å². The van der Waals surface area contributed by atoms with Gasteiger partial charge in [0.15, 0.2) is 0 Å². The molecule has 0 fully saturated rings. The summed E-state index contributed by atoms with van der Waals surface area (Å²) in [6, 6.07) is 69.9. The molecule has 0 aliphatic heterocycles. The van der Waals surface area contributed by atoms with Gasteiger partial charge in [-0.1, -0.05) is 146 Å². The first kappa shape index (κ1) is 30.9. The van der Waals surface area contributed by atoms with E-state index in [4.69, 9.17) is 4.42 Å². The summed E-state index contributed by atoms with van der Waals surface area (Å²) < 4.78 is 6.34. The minimum Gasteiger partial charge on any atom is -0.456 e. The highest BCUT2D eigenvalue weighted by molar-refractivity contribution is 6.14. The molecule has 0 unspecified atom stereocenters. The Morgan fingerprint density at radius 2 is 0.906 bits per heavy atom. The third-order valence-electron chi connectivity index (χ3n) is 10.6. The number of benzene rings is 9. The zero-order valence-electron chi connectivity index (χ0n) is 29.3. The van der Waals surface area contributed by atoms with Crippen LogP contribution in [0.4, 0.5) is 17.1 Å². The van der Waals surface area contributed by atoms with E-state index in [2.05, 4.69) is 206 Å². The van der Waals surface area contributed by atoms with Gasteiger partial charge < -0.3 is 9.32 Å². The van der Waals surface area contributed by atoms with Crippen molar-refractivity contribution in [2.45, 2.75) is 6.92 Å². The molecule has 2 heteroatoms. The largest absolute Gasteiger partial charge is 0.456 e. The summed E-state index contributed by atoms with van der Waals surface area (Å²) in [6.07, 6.45) is 0. The van der Waals surface area contributed by atoms with E-state index in [1.807, 2.05) is 0 Å². The van der Waals surface area contributed by atoms with E-state index < -0.39 is 0 Å². The molecule has 1 aromatic heterocycles.